The largest absolute Gasteiger partial charge is 0.497 e. The number of piperidine rings is 1. The molecular weight excluding hydrogens is 274 g/mol. The van der Waals surface area contributed by atoms with Gasteiger partial charge in [-0.1, -0.05) is 6.07 Å². The summed E-state index contributed by atoms with van der Waals surface area (Å²) < 4.78 is 5.17. The topological polar surface area (TPSA) is 67.6 Å². The number of rotatable bonds is 3. The lowest BCUT2D eigenvalue weighted by Gasteiger charge is -2.35. The third-order valence-electron chi connectivity index (χ3n) is 3.41. The highest BCUT2D eigenvalue weighted by Crippen LogP contribution is 2.20. The molecule has 0 unspecified atom stereocenters. The SMILES string of the molecule is COc1cccc(NC(=S)N2CCCC[C@H]2C(N)=O)c1. The summed E-state index contributed by atoms with van der Waals surface area (Å²) in [7, 11) is 1.62. The number of nitrogens with two attached hydrogens (primary N) is 1. The van der Waals surface area contributed by atoms with Crippen LogP contribution in [-0.2, 0) is 4.79 Å². The molecule has 0 bridgehead atoms. The second kappa shape index (κ2) is 6.56. The zero-order valence-corrected chi connectivity index (χ0v) is 12.3. The van der Waals surface area contributed by atoms with Crippen molar-refractivity contribution in [3.63, 3.8) is 0 Å². The first-order chi connectivity index (χ1) is 9.61. The average molecular weight is 293 g/mol. The minimum Gasteiger partial charge on any atom is -0.497 e. The van der Waals surface area contributed by atoms with Gasteiger partial charge in [-0.05, 0) is 43.6 Å². The van der Waals surface area contributed by atoms with Gasteiger partial charge >= 0.3 is 0 Å². The summed E-state index contributed by atoms with van der Waals surface area (Å²) in [5.74, 6) is 0.433. The zero-order valence-electron chi connectivity index (χ0n) is 11.5. The first-order valence-corrected chi connectivity index (χ1v) is 7.03. The van der Waals surface area contributed by atoms with Gasteiger partial charge in [-0.2, -0.15) is 0 Å². The molecule has 1 aliphatic rings. The van der Waals surface area contributed by atoms with E-state index in [1.165, 1.54) is 0 Å². The molecular formula is C14H19N3O2S. The minimum absolute atomic E-state index is 0.311. The quantitative estimate of drug-likeness (QED) is 0.831. The maximum atomic E-state index is 11.5. The lowest BCUT2D eigenvalue weighted by atomic mass is 10.0. The van der Waals surface area contributed by atoms with Crippen molar-refractivity contribution in [1.82, 2.24) is 4.90 Å². The van der Waals surface area contributed by atoms with Gasteiger partial charge < -0.3 is 20.7 Å². The molecule has 3 N–H and O–H groups in total. The normalized spacial score (nSPS) is 18.4. The van der Waals surface area contributed by atoms with Crippen LogP contribution in [0.1, 0.15) is 19.3 Å². The number of primary amides is 1. The second-order valence-corrected chi connectivity index (χ2v) is 5.16. The van der Waals surface area contributed by atoms with Crippen LogP contribution in [0.2, 0.25) is 0 Å². The molecule has 108 valence electrons. The number of likely N-dealkylation sites (tertiary alicyclic amines) is 1. The molecule has 1 fully saturated rings. The summed E-state index contributed by atoms with van der Waals surface area (Å²) in [4.78, 5) is 13.4. The van der Waals surface area contributed by atoms with E-state index in [0.29, 0.717) is 5.11 Å². The fourth-order valence-electron chi connectivity index (χ4n) is 2.37. The summed E-state index contributed by atoms with van der Waals surface area (Å²) in [6.07, 6.45) is 2.78. The van der Waals surface area contributed by atoms with Crippen LogP contribution in [0.3, 0.4) is 0 Å². The number of carbonyl (C=O) groups is 1. The minimum atomic E-state index is -0.320. The number of amides is 1. The Morgan fingerprint density at radius 2 is 2.30 bits per heavy atom. The highest BCUT2D eigenvalue weighted by atomic mass is 32.1. The molecule has 0 saturated carbocycles. The Kier molecular flexibility index (Phi) is 4.79. The van der Waals surface area contributed by atoms with E-state index in [2.05, 4.69) is 5.32 Å². The van der Waals surface area contributed by atoms with Gasteiger partial charge in [-0.25, -0.2) is 0 Å². The number of benzene rings is 1. The predicted octanol–water partition coefficient (Wildman–Crippen LogP) is 1.73. The molecule has 1 aliphatic heterocycles. The highest BCUT2D eigenvalue weighted by molar-refractivity contribution is 7.80. The molecule has 0 aliphatic carbocycles. The van der Waals surface area contributed by atoms with Gasteiger partial charge in [0, 0.05) is 18.3 Å². The van der Waals surface area contributed by atoms with Crippen molar-refractivity contribution in [2.45, 2.75) is 25.3 Å². The maximum Gasteiger partial charge on any atom is 0.240 e. The van der Waals surface area contributed by atoms with Crippen LogP contribution < -0.4 is 15.8 Å². The van der Waals surface area contributed by atoms with Gasteiger partial charge in [0.25, 0.3) is 0 Å². The Bertz CT molecular complexity index is 507. The van der Waals surface area contributed by atoms with Gasteiger partial charge in [0.05, 0.1) is 7.11 Å². The Morgan fingerprint density at radius 1 is 1.50 bits per heavy atom. The lowest BCUT2D eigenvalue weighted by molar-refractivity contribution is -0.122. The van der Waals surface area contributed by atoms with E-state index < -0.39 is 0 Å². The third-order valence-corrected chi connectivity index (χ3v) is 3.75. The number of ether oxygens (including phenoxy) is 1. The van der Waals surface area contributed by atoms with Crippen molar-refractivity contribution >= 4 is 28.9 Å². The van der Waals surface area contributed by atoms with Gasteiger partial charge in [0.1, 0.15) is 11.8 Å². The second-order valence-electron chi connectivity index (χ2n) is 4.77. The number of hydrogen-bond acceptors (Lipinski definition) is 3. The van der Waals surface area contributed by atoms with Crippen LogP contribution in [-0.4, -0.2) is 35.6 Å². The Labute approximate surface area is 124 Å². The molecule has 5 nitrogen and oxygen atoms in total. The number of hydrogen-bond donors (Lipinski definition) is 2. The molecule has 1 aromatic rings. The van der Waals surface area contributed by atoms with Crippen molar-refractivity contribution in [2.75, 3.05) is 19.0 Å². The Morgan fingerprint density at radius 3 is 3.00 bits per heavy atom. The third kappa shape index (κ3) is 3.39. The molecule has 1 amide bonds. The van der Waals surface area contributed by atoms with E-state index in [1.807, 2.05) is 29.2 Å². The number of carbonyl (C=O) groups excluding carboxylic acids is 1. The van der Waals surface area contributed by atoms with E-state index in [1.54, 1.807) is 7.11 Å². The molecule has 1 heterocycles. The number of thiocarbonyl (C=S) groups is 1. The summed E-state index contributed by atoms with van der Waals surface area (Å²) in [5, 5.41) is 3.67. The number of nitrogens with one attached hydrogen (secondary N) is 1. The predicted molar refractivity (Wildman–Crippen MR) is 82.8 cm³/mol. The monoisotopic (exact) mass is 293 g/mol. The van der Waals surface area contributed by atoms with Crippen molar-refractivity contribution in [3.8, 4) is 5.75 Å². The van der Waals surface area contributed by atoms with Gasteiger partial charge in [0.15, 0.2) is 5.11 Å². The standard InChI is InChI=1S/C14H19N3O2S/c1-19-11-6-4-5-10(9-11)16-14(20)17-8-3-2-7-12(17)13(15)18/h4-6,9,12H,2-3,7-8H2,1H3,(H2,15,18)(H,16,20)/t12-/m0/s1. The first-order valence-electron chi connectivity index (χ1n) is 6.63. The maximum absolute atomic E-state index is 11.5. The zero-order chi connectivity index (χ0) is 14.5. The van der Waals surface area contributed by atoms with Crippen LogP contribution in [0, 0.1) is 0 Å². The van der Waals surface area contributed by atoms with E-state index in [9.17, 15) is 4.79 Å². The van der Waals surface area contributed by atoms with Crippen LogP contribution in [0.15, 0.2) is 24.3 Å². The molecule has 1 aromatic carbocycles. The van der Waals surface area contributed by atoms with Crippen molar-refractivity contribution in [2.24, 2.45) is 5.73 Å². The molecule has 6 heteroatoms. The number of anilines is 1. The highest BCUT2D eigenvalue weighted by Gasteiger charge is 2.28. The summed E-state index contributed by atoms with van der Waals surface area (Å²) >= 11 is 5.40. The summed E-state index contributed by atoms with van der Waals surface area (Å²) in [5.41, 5.74) is 6.28. The van der Waals surface area contributed by atoms with E-state index in [4.69, 9.17) is 22.7 Å². The van der Waals surface area contributed by atoms with E-state index in [0.717, 1.165) is 37.2 Å². The van der Waals surface area contributed by atoms with E-state index >= 15 is 0 Å². The molecule has 2 rings (SSSR count). The smallest absolute Gasteiger partial charge is 0.240 e. The molecule has 1 saturated heterocycles. The summed E-state index contributed by atoms with van der Waals surface area (Å²) in [6, 6.07) is 7.19. The van der Waals surface area contributed by atoms with Gasteiger partial charge in [-0.3, -0.25) is 4.79 Å². The van der Waals surface area contributed by atoms with Gasteiger partial charge in [-0.15, -0.1) is 0 Å². The van der Waals surface area contributed by atoms with Crippen LogP contribution in [0.4, 0.5) is 5.69 Å². The molecule has 0 radical (unpaired) electrons. The average Bonchev–Trinajstić information content (AvgIpc) is 2.47. The van der Waals surface area contributed by atoms with Crippen LogP contribution >= 0.6 is 12.2 Å². The Balaban J connectivity index is 2.07. The van der Waals surface area contributed by atoms with Crippen LogP contribution in [0.25, 0.3) is 0 Å². The molecule has 20 heavy (non-hydrogen) atoms. The van der Waals surface area contributed by atoms with Gasteiger partial charge in [0.2, 0.25) is 5.91 Å². The first kappa shape index (κ1) is 14.6. The fraction of sp³-hybridized carbons (Fsp3) is 0.429. The Hall–Kier alpha value is -1.82. The molecule has 1 atom stereocenters. The van der Waals surface area contributed by atoms with Crippen molar-refractivity contribution in [1.29, 1.82) is 0 Å². The van der Waals surface area contributed by atoms with Crippen molar-refractivity contribution < 1.29 is 9.53 Å². The van der Waals surface area contributed by atoms with E-state index in [-0.39, 0.29) is 11.9 Å². The molecule has 0 spiro atoms. The lowest BCUT2D eigenvalue weighted by Crippen LogP contribution is -2.51. The fourth-order valence-corrected chi connectivity index (χ4v) is 2.70. The molecule has 0 aromatic heterocycles. The number of methoxy groups -OCH3 is 1. The van der Waals surface area contributed by atoms with Crippen LogP contribution in [0.5, 0.6) is 5.75 Å². The summed E-state index contributed by atoms with van der Waals surface area (Å²) in [6.45, 7) is 0.753. The van der Waals surface area contributed by atoms with Crippen molar-refractivity contribution in [3.05, 3.63) is 24.3 Å². The number of nitrogens with zero attached hydrogens (tertiary/aromatic N) is 1.